The minimum absolute atomic E-state index is 0.474. The molecule has 0 amide bonds. The van der Waals surface area contributed by atoms with Gasteiger partial charge in [0.05, 0.1) is 0 Å². The number of fused-ring (bicyclic) bond motifs is 1. The molecule has 0 aliphatic carbocycles. The third-order valence-corrected chi connectivity index (χ3v) is 4.25. The molecule has 0 bridgehead atoms. The van der Waals surface area contributed by atoms with Crippen molar-refractivity contribution in [3.05, 3.63) is 36.0 Å². The topological polar surface area (TPSA) is 45.1 Å². The Morgan fingerprint density at radius 1 is 1.16 bits per heavy atom. The van der Waals surface area contributed by atoms with Crippen LogP contribution in [0.1, 0.15) is 37.3 Å². The zero-order chi connectivity index (χ0) is 13.1. The highest BCUT2D eigenvalue weighted by Crippen LogP contribution is 2.32. The second kappa shape index (κ2) is 5.76. The smallest absolute Gasteiger partial charge is 0.0457 e. The Bertz CT molecular complexity index is 526. The average Bonchev–Trinajstić information content (AvgIpc) is 2.89. The first kappa shape index (κ1) is 12.7. The minimum atomic E-state index is 0.474. The lowest BCUT2D eigenvalue weighted by Crippen LogP contribution is -2.34. The number of nitrogens with one attached hydrogen (secondary N) is 1. The Balaban J connectivity index is 1.94. The number of rotatable bonds is 4. The monoisotopic (exact) mass is 257 g/mol. The molecule has 1 unspecified atom stereocenters. The van der Waals surface area contributed by atoms with Crippen LogP contribution in [0.25, 0.3) is 10.9 Å². The van der Waals surface area contributed by atoms with Gasteiger partial charge < -0.3 is 10.7 Å². The molecule has 0 spiro atoms. The number of hydrogen-bond acceptors (Lipinski definition) is 2. The third-order valence-electron chi connectivity index (χ3n) is 4.25. The van der Waals surface area contributed by atoms with Crippen LogP contribution in [0.4, 0.5) is 0 Å². The van der Waals surface area contributed by atoms with Gasteiger partial charge in [0.25, 0.3) is 0 Å². The van der Waals surface area contributed by atoms with Gasteiger partial charge in [-0.25, -0.2) is 0 Å². The summed E-state index contributed by atoms with van der Waals surface area (Å²) in [6, 6.07) is 9.04. The van der Waals surface area contributed by atoms with Crippen LogP contribution in [0, 0.1) is 0 Å². The SMILES string of the molecule is NCCC(c1c[nH]c2ccccc12)N1CCCCC1. The second-order valence-electron chi connectivity index (χ2n) is 5.48. The van der Waals surface area contributed by atoms with Crippen LogP contribution < -0.4 is 5.73 Å². The summed E-state index contributed by atoms with van der Waals surface area (Å²) in [5.41, 5.74) is 8.50. The van der Waals surface area contributed by atoms with Gasteiger partial charge in [0.2, 0.25) is 0 Å². The molecular weight excluding hydrogens is 234 g/mol. The van der Waals surface area contributed by atoms with Crippen molar-refractivity contribution in [3.8, 4) is 0 Å². The summed E-state index contributed by atoms with van der Waals surface area (Å²) >= 11 is 0. The van der Waals surface area contributed by atoms with E-state index in [-0.39, 0.29) is 0 Å². The standard InChI is InChI=1S/C16H23N3/c17-9-8-16(19-10-4-1-5-11-19)14-12-18-15-7-3-2-6-13(14)15/h2-3,6-7,12,16,18H,1,4-5,8-11,17H2. The lowest BCUT2D eigenvalue weighted by atomic mass is 9.98. The van der Waals surface area contributed by atoms with E-state index in [1.165, 1.54) is 48.8 Å². The zero-order valence-corrected chi connectivity index (χ0v) is 11.4. The Morgan fingerprint density at radius 2 is 1.95 bits per heavy atom. The highest BCUT2D eigenvalue weighted by atomic mass is 15.2. The van der Waals surface area contributed by atoms with E-state index < -0.39 is 0 Å². The maximum atomic E-state index is 5.85. The van der Waals surface area contributed by atoms with Gasteiger partial charge in [0.15, 0.2) is 0 Å². The molecule has 1 aliphatic rings. The second-order valence-corrected chi connectivity index (χ2v) is 5.48. The van der Waals surface area contributed by atoms with E-state index >= 15 is 0 Å². The molecule has 0 saturated carbocycles. The van der Waals surface area contributed by atoms with Crippen molar-refractivity contribution in [3.63, 3.8) is 0 Å². The third kappa shape index (κ3) is 2.53. The summed E-state index contributed by atoms with van der Waals surface area (Å²) in [4.78, 5) is 6.02. The predicted octanol–water partition coefficient (Wildman–Crippen LogP) is 3.04. The normalized spacial score (nSPS) is 18.8. The molecule has 19 heavy (non-hydrogen) atoms. The quantitative estimate of drug-likeness (QED) is 0.884. The minimum Gasteiger partial charge on any atom is -0.361 e. The van der Waals surface area contributed by atoms with Crippen molar-refractivity contribution >= 4 is 10.9 Å². The van der Waals surface area contributed by atoms with Crippen molar-refractivity contribution in [2.24, 2.45) is 5.73 Å². The van der Waals surface area contributed by atoms with Gasteiger partial charge >= 0.3 is 0 Å². The molecule has 3 heteroatoms. The number of nitrogens with zero attached hydrogens (tertiary/aromatic N) is 1. The molecule has 1 aromatic heterocycles. The van der Waals surface area contributed by atoms with E-state index in [4.69, 9.17) is 5.73 Å². The summed E-state index contributed by atoms with van der Waals surface area (Å²) in [5, 5.41) is 1.35. The van der Waals surface area contributed by atoms with E-state index in [0.29, 0.717) is 6.04 Å². The largest absolute Gasteiger partial charge is 0.361 e. The molecule has 102 valence electrons. The van der Waals surface area contributed by atoms with Crippen LogP contribution >= 0.6 is 0 Å². The van der Waals surface area contributed by atoms with Crippen LogP contribution in [0.5, 0.6) is 0 Å². The van der Waals surface area contributed by atoms with Gasteiger partial charge in [-0.15, -0.1) is 0 Å². The number of hydrogen-bond donors (Lipinski definition) is 2. The first-order chi connectivity index (χ1) is 9.40. The number of para-hydroxylation sites is 1. The highest BCUT2D eigenvalue weighted by Gasteiger charge is 2.23. The highest BCUT2D eigenvalue weighted by molar-refractivity contribution is 5.83. The van der Waals surface area contributed by atoms with Crippen LogP contribution in [0.3, 0.4) is 0 Å². The molecule has 1 fully saturated rings. The van der Waals surface area contributed by atoms with Gasteiger partial charge in [-0.05, 0) is 50.5 Å². The first-order valence-corrected chi connectivity index (χ1v) is 7.40. The van der Waals surface area contributed by atoms with Gasteiger partial charge in [0, 0.05) is 23.1 Å². The molecule has 1 aliphatic heterocycles. The fourth-order valence-corrected chi connectivity index (χ4v) is 3.29. The number of nitrogens with two attached hydrogens (primary N) is 1. The Morgan fingerprint density at radius 3 is 2.74 bits per heavy atom. The van der Waals surface area contributed by atoms with Crippen LogP contribution in [-0.2, 0) is 0 Å². The lowest BCUT2D eigenvalue weighted by Gasteiger charge is -2.34. The van der Waals surface area contributed by atoms with Crippen molar-refractivity contribution in [1.82, 2.24) is 9.88 Å². The number of likely N-dealkylation sites (tertiary alicyclic amines) is 1. The summed E-state index contributed by atoms with van der Waals surface area (Å²) in [6.07, 6.45) is 7.24. The van der Waals surface area contributed by atoms with E-state index in [0.717, 1.165) is 13.0 Å². The molecule has 1 saturated heterocycles. The molecule has 3 N–H and O–H groups in total. The lowest BCUT2D eigenvalue weighted by molar-refractivity contribution is 0.158. The summed E-state index contributed by atoms with van der Waals surface area (Å²) in [5.74, 6) is 0. The maximum absolute atomic E-state index is 5.85. The van der Waals surface area contributed by atoms with Crippen molar-refractivity contribution < 1.29 is 0 Å². The summed E-state index contributed by atoms with van der Waals surface area (Å²) in [7, 11) is 0. The van der Waals surface area contributed by atoms with Crippen molar-refractivity contribution in [1.29, 1.82) is 0 Å². The summed E-state index contributed by atoms with van der Waals surface area (Å²) < 4.78 is 0. The molecule has 0 radical (unpaired) electrons. The van der Waals surface area contributed by atoms with E-state index in [9.17, 15) is 0 Å². The maximum Gasteiger partial charge on any atom is 0.0457 e. The summed E-state index contributed by atoms with van der Waals surface area (Å²) in [6.45, 7) is 3.18. The fourth-order valence-electron chi connectivity index (χ4n) is 3.29. The fraction of sp³-hybridized carbons (Fsp3) is 0.500. The Hall–Kier alpha value is -1.32. The van der Waals surface area contributed by atoms with Gasteiger partial charge in [-0.2, -0.15) is 0 Å². The molecule has 2 aromatic rings. The molecule has 3 nitrogen and oxygen atoms in total. The van der Waals surface area contributed by atoms with E-state index in [1.807, 2.05) is 0 Å². The molecule has 1 aromatic carbocycles. The Labute approximate surface area is 114 Å². The van der Waals surface area contributed by atoms with Crippen LogP contribution in [0.2, 0.25) is 0 Å². The Kier molecular flexibility index (Phi) is 3.85. The van der Waals surface area contributed by atoms with Crippen molar-refractivity contribution in [2.45, 2.75) is 31.7 Å². The number of aromatic amines is 1. The molecular formula is C16H23N3. The zero-order valence-electron chi connectivity index (χ0n) is 11.4. The predicted molar refractivity (Wildman–Crippen MR) is 80.1 cm³/mol. The van der Waals surface area contributed by atoms with E-state index in [1.54, 1.807) is 0 Å². The van der Waals surface area contributed by atoms with Gasteiger partial charge in [0.1, 0.15) is 0 Å². The number of H-pyrrole nitrogens is 1. The van der Waals surface area contributed by atoms with Crippen LogP contribution in [-0.4, -0.2) is 29.5 Å². The molecule has 3 rings (SSSR count). The number of benzene rings is 1. The first-order valence-electron chi connectivity index (χ1n) is 7.40. The molecule has 1 atom stereocenters. The average molecular weight is 257 g/mol. The van der Waals surface area contributed by atoms with E-state index in [2.05, 4.69) is 40.3 Å². The number of piperidine rings is 1. The molecule has 2 heterocycles. The number of aromatic nitrogens is 1. The van der Waals surface area contributed by atoms with Gasteiger partial charge in [-0.1, -0.05) is 24.6 Å². The van der Waals surface area contributed by atoms with Gasteiger partial charge in [-0.3, -0.25) is 4.90 Å². The van der Waals surface area contributed by atoms with Crippen LogP contribution in [0.15, 0.2) is 30.5 Å². The van der Waals surface area contributed by atoms with Crippen molar-refractivity contribution in [2.75, 3.05) is 19.6 Å².